The minimum absolute atomic E-state index is 0.0255. The van der Waals surface area contributed by atoms with Gasteiger partial charge in [-0.25, -0.2) is 4.98 Å². The third-order valence-corrected chi connectivity index (χ3v) is 5.51. The number of pyridine rings is 1. The van der Waals surface area contributed by atoms with E-state index < -0.39 is 0 Å². The quantitative estimate of drug-likeness (QED) is 0.686. The molecule has 5 nitrogen and oxygen atoms in total. The topological polar surface area (TPSA) is 41.4 Å². The molecule has 0 N–H and O–H groups in total. The molecule has 3 heterocycles. The van der Waals surface area contributed by atoms with E-state index in [4.69, 9.17) is 0 Å². The molecule has 0 aliphatic carbocycles. The van der Waals surface area contributed by atoms with Gasteiger partial charge in [0.2, 0.25) is 5.91 Å². The van der Waals surface area contributed by atoms with Crippen LogP contribution in [0.15, 0.2) is 73.2 Å². The Balaban J connectivity index is 1.45. The lowest BCUT2D eigenvalue weighted by molar-refractivity contribution is -0.132. The highest BCUT2D eigenvalue weighted by Gasteiger charge is 2.26. The van der Waals surface area contributed by atoms with Crippen LogP contribution in [0.4, 0.5) is 5.82 Å². The molecule has 1 aromatic carbocycles. The minimum Gasteiger partial charge on any atom is -0.353 e. The number of aryl methyl sites for hydroxylation is 1. The number of hydrogen-bond donors (Lipinski definition) is 0. The van der Waals surface area contributed by atoms with Crippen molar-refractivity contribution in [2.45, 2.75) is 19.4 Å². The van der Waals surface area contributed by atoms with Crippen molar-refractivity contribution < 1.29 is 4.79 Å². The minimum atomic E-state index is 0.0255. The van der Waals surface area contributed by atoms with Gasteiger partial charge in [-0.15, -0.1) is 0 Å². The molecule has 0 bridgehead atoms. The van der Waals surface area contributed by atoms with Crippen LogP contribution in [-0.2, 0) is 4.79 Å². The number of piperazine rings is 1. The lowest BCUT2D eigenvalue weighted by atomic mass is 9.98. The third-order valence-electron chi connectivity index (χ3n) is 5.51. The lowest BCUT2D eigenvalue weighted by Gasteiger charge is -2.36. The third kappa shape index (κ3) is 3.93. The van der Waals surface area contributed by atoms with E-state index in [0.717, 1.165) is 32.0 Å². The smallest absolute Gasteiger partial charge is 0.225 e. The molecule has 1 amide bonds. The summed E-state index contributed by atoms with van der Waals surface area (Å²) < 4.78 is 2.14. The number of carbonyl (C=O) groups excluding carboxylic acids is 1. The first kappa shape index (κ1) is 18.3. The highest BCUT2D eigenvalue weighted by molar-refractivity contribution is 5.77. The van der Waals surface area contributed by atoms with Crippen molar-refractivity contribution in [3.63, 3.8) is 0 Å². The van der Waals surface area contributed by atoms with Gasteiger partial charge in [-0.1, -0.05) is 30.3 Å². The number of hydrogen-bond acceptors (Lipinski definition) is 3. The second kappa shape index (κ2) is 8.30. The van der Waals surface area contributed by atoms with Gasteiger partial charge in [0.1, 0.15) is 5.82 Å². The number of anilines is 1. The predicted octanol–water partition coefficient (Wildman–Crippen LogP) is 3.52. The Hall–Kier alpha value is -3.08. The average Bonchev–Trinajstić information content (AvgIpc) is 3.28. The number of benzene rings is 1. The zero-order valence-electron chi connectivity index (χ0n) is 16.2. The normalized spacial score (nSPS) is 15.5. The van der Waals surface area contributed by atoms with E-state index in [0.29, 0.717) is 6.42 Å². The van der Waals surface area contributed by atoms with Crippen LogP contribution in [-0.4, -0.2) is 46.5 Å². The van der Waals surface area contributed by atoms with Crippen LogP contribution >= 0.6 is 0 Å². The van der Waals surface area contributed by atoms with Crippen molar-refractivity contribution in [3.05, 3.63) is 84.3 Å². The molecule has 1 aliphatic rings. The van der Waals surface area contributed by atoms with Crippen LogP contribution in [0.25, 0.3) is 0 Å². The van der Waals surface area contributed by atoms with Gasteiger partial charge in [-0.3, -0.25) is 4.79 Å². The Labute approximate surface area is 166 Å². The van der Waals surface area contributed by atoms with E-state index in [1.807, 2.05) is 59.9 Å². The van der Waals surface area contributed by atoms with Crippen LogP contribution < -0.4 is 4.90 Å². The Morgan fingerprint density at radius 2 is 1.68 bits per heavy atom. The summed E-state index contributed by atoms with van der Waals surface area (Å²) in [6.45, 7) is 5.23. The predicted molar refractivity (Wildman–Crippen MR) is 111 cm³/mol. The maximum absolute atomic E-state index is 13.1. The molecule has 5 heteroatoms. The van der Waals surface area contributed by atoms with Gasteiger partial charge in [0, 0.05) is 44.8 Å². The first-order chi connectivity index (χ1) is 13.7. The summed E-state index contributed by atoms with van der Waals surface area (Å²) in [6.07, 6.45) is 6.38. The highest BCUT2D eigenvalue weighted by Crippen LogP contribution is 2.26. The fourth-order valence-electron chi connectivity index (χ4n) is 3.91. The summed E-state index contributed by atoms with van der Waals surface area (Å²) in [7, 11) is 0. The molecule has 2 aromatic heterocycles. The molecular formula is C23H26N4O. The standard InChI is InChI=1S/C23H26N4O/c1-19-8-2-3-9-20(19)21(25-12-6-7-13-25)18-23(28)27-16-14-26(15-17-27)22-10-4-5-11-24-22/h2-13,21H,14-18H2,1H3/t21-/m0/s1. The summed E-state index contributed by atoms with van der Waals surface area (Å²) in [5.74, 6) is 1.20. The van der Waals surface area contributed by atoms with E-state index in [1.165, 1.54) is 11.1 Å². The second-order valence-corrected chi connectivity index (χ2v) is 7.26. The van der Waals surface area contributed by atoms with Crippen LogP contribution in [0.1, 0.15) is 23.6 Å². The fourth-order valence-corrected chi connectivity index (χ4v) is 3.91. The largest absolute Gasteiger partial charge is 0.353 e. The van der Waals surface area contributed by atoms with E-state index in [-0.39, 0.29) is 11.9 Å². The van der Waals surface area contributed by atoms with Crippen molar-refractivity contribution in [1.29, 1.82) is 0 Å². The molecule has 1 aliphatic heterocycles. The van der Waals surface area contributed by atoms with Crippen LogP contribution in [0.3, 0.4) is 0 Å². The summed E-state index contributed by atoms with van der Waals surface area (Å²) in [6, 6.07) is 18.4. The molecular weight excluding hydrogens is 348 g/mol. The van der Waals surface area contributed by atoms with Crippen LogP contribution in [0, 0.1) is 6.92 Å². The number of rotatable bonds is 5. The maximum Gasteiger partial charge on any atom is 0.225 e. The van der Waals surface area contributed by atoms with Crippen LogP contribution in [0.5, 0.6) is 0 Å². The Morgan fingerprint density at radius 1 is 0.964 bits per heavy atom. The van der Waals surface area contributed by atoms with Crippen molar-refractivity contribution >= 4 is 11.7 Å². The monoisotopic (exact) mass is 374 g/mol. The summed E-state index contributed by atoms with van der Waals surface area (Å²) in [5, 5.41) is 0. The van der Waals surface area contributed by atoms with E-state index in [9.17, 15) is 4.79 Å². The SMILES string of the molecule is Cc1ccccc1[C@H](CC(=O)N1CCN(c2ccccn2)CC1)n1cccc1. The number of aromatic nitrogens is 2. The van der Waals surface area contributed by atoms with Crippen molar-refractivity contribution in [2.24, 2.45) is 0 Å². The fraction of sp³-hybridized carbons (Fsp3) is 0.304. The molecule has 1 fully saturated rings. The zero-order valence-corrected chi connectivity index (χ0v) is 16.2. The first-order valence-electron chi connectivity index (χ1n) is 9.84. The maximum atomic E-state index is 13.1. The van der Waals surface area contributed by atoms with Gasteiger partial charge in [0.25, 0.3) is 0 Å². The Kier molecular flexibility index (Phi) is 5.42. The Morgan fingerprint density at radius 3 is 2.36 bits per heavy atom. The molecule has 4 rings (SSSR count). The molecule has 28 heavy (non-hydrogen) atoms. The van der Waals surface area contributed by atoms with Gasteiger partial charge in [-0.2, -0.15) is 0 Å². The molecule has 0 spiro atoms. The van der Waals surface area contributed by atoms with Gasteiger partial charge in [-0.05, 0) is 42.3 Å². The molecule has 0 unspecified atom stereocenters. The molecule has 0 saturated carbocycles. The second-order valence-electron chi connectivity index (χ2n) is 7.26. The number of amides is 1. The van der Waals surface area contributed by atoms with E-state index in [2.05, 4.69) is 39.6 Å². The Bertz CT molecular complexity index is 899. The molecule has 0 radical (unpaired) electrons. The summed E-state index contributed by atoms with van der Waals surface area (Å²) in [5.41, 5.74) is 2.42. The van der Waals surface area contributed by atoms with Crippen LogP contribution in [0.2, 0.25) is 0 Å². The average molecular weight is 374 g/mol. The zero-order chi connectivity index (χ0) is 19.3. The molecule has 3 aromatic rings. The number of carbonyl (C=O) groups is 1. The van der Waals surface area contributed by atoms with Gasteiger partial charge in [0.05, 0.1) is 12.5 Å². The molecule has 1 atom stereocenters. The van der Waals surface area contributed by atoms with E-state index in [1.54, 1.807) is 0 Å². The van der Waals surface area contributed by atoms with Gasteiger partial charge in [0.15, 0.2) is 0 Å². The summed E-state index contributed by atoms with van der Waals surface area (Å²) >= 11 is 0. The highest BCUT2D eigenvalue weighted by atomic mass is 16.2. The van der Waals surface area contributed by atoms with Crippen molar-refractivity contribution in [1.82, 2.24) is 14.5 Å². The van der Waals surface area contributed by atoms with Gasteiger partial charge < -0.3 is 14.4 Å². The molecule has 1 saturated heterocycles. The number of nitrogens with zero attached hydrogens (tertiary/aromatic N) is 4. The summed E-state index contributed by atoms with van der Waals surface area (Å²) in [4.78, 5) is 21.8. The first-order valence-corrected chi connectivity index (χ1v) is 9.84. The molecule has 144 valence electrons. The van der Waals surface area contributed by atoms with Crippen molar-refractivity contribution in [2.75, 3.05) is 31.1 Å². The van der Waals surface area contributed by atoms with E-state index >= 15 is 0 Å². The van der Waals surface area contributed by atoms with Crippen molar-refractivity contribution in [3.8, 4) is 0 Å². The van der Waals surface area contributed by atoms with Gasteiger partial charge >= 0.3 is 0 Å². The lowest BCUT2D eigenvalue weighted by Crippen LogP contribution is -2.49.